The number of hydrogen-bond donors (Lipinski definition) is 0. The van der Waals surface area contributed by atoms with Crippen molar-refractivity contribution < 1.29 is 22.4 Å². The summed E-state index contributed by atoms with van der Waals surface area (Å²) in [6.07, 6.45) is -1.70. The van der Waals surface area contributed by atoms with E-state index in [1.807, 2.05) is 0 Å². The van der Waals surface area contributed by atoms with Crippen molar-refractivity contribution in [2.45, 2.75) is 24.7 Å². The van der Waals surface area contributed by atoms with Crippen LogP contribution in [0.4, 0.5) is 17.6 Å². The van der Waals surface area contributed by atoms with E-state index < -0.39 is 36.5 Å². The minimum atomic E-state index is -3.12. The average molecular weight is 301 g/mol. The number of amides is 1. The molecule has 0 N–H and O–H groups in total. The van der Waals surface area contributed by atoms with Crippen LogP contribution in [-0.2, 0) is 0 Å². The second-order valence-electron chi connectivity index (χ2n) is 5.91. The summed E-state index contributed by atoms with van der Waals surface area (Å²) in [5.41, 5.74) is 0.396. The Morgan fingerprint density at radius 3 is 2.05 bits per heavy atom. The topological polar surface area (TPSA) is 20.3 Å². The summed E-state index contributed by atoms with van der Waals surface area (Å²) in [5.74, 6) is -9.47. The molecule has 3 rings (SSSR count). The molecule has 0 spiro atoms. The molecule has 1 aromatic carbocycles. The minimum Gasteiger partial charge on any atom is -0.338 e. The zero-order valence-electron chi connectivity index (χ0n) is 11.2. The van der Waals surface area contributed by atoms with Gasteiger partial charge >= 0.3 is 0 Å². The largest absolute Gasteiger partial charge is 0.338 e. The van der Waals surface area contributed by atoms with Gasteiger partial charge in [0.25, 0.3) is 11.8 Å². The molecule has 1 amide bonds. The maximum absolute atomic E-state index is 14.0. The predicted molar refractivity (Wildman–Crippen MR) is 68.5 cm³/mol. The number of alkyl halides is 4. The Bertz CT molecular complexity index is 526. The van der Waals surface area contributed by atoms with E-state index >= 15 is 0 Å². The molecule has 2 unspecified atom stereocenters. The number of nitrogens with zero attached hydrogens (tertiary/aromatic N) is 1. The number of hydrogen-bond acceptors (Lipinski definition) is 1. The van der Waals surface area contributed by atoms with E-state index in [2.05, 4.69) is 0 Å². The van der Waals surface area contributed by atoms with Crippen molar-refractivity contribution in [3.05, 3.63) is 35.9 Å². The van der Waals surface area contributed by atoms with Gasteiger partial charge in [-0.3, -0.25) is 4.79 Å². The Kier molecular flexibility index (Phi) is 3.22. The fraction of sp³-hybridized carbons (Fsp3) is 0.533. The van der Waals surface area contributed by atoms with Crippen LogP contribution in [0.3, 0.4) is 0 Å². The van der Waals surface area contributed by atoms with Gasteiger partial charge in [-0.15, -0.1) is 0 Å². The van der Waals surface area contributed by atoms with Crippen LogP contribution in [0.2, 0.25) is 0 Å². The standard InChI is InChI=1S/C15H15F4NO/c16-14(17)6-11-8-20(9-12(7-14)15(11,18)19)13(21)10-4-2-1-3-5-10/h1-5,11-12H,6-9H2. The summed E-state index contributed by atoms with van der Waals surface area (Å²) in [5, 5.41) is 0. The van der Waals surface area contributed by atoms with Crippen molar-refractivity contribution in [2.75, 3.05) is 13.1 Å². The number of carbonyl (C=O) groups is 1. The van der Waals surface area contributed by atoms with E-state index in [0.717, 1.165) is 0 Å². The molecule has 21 heavy (non-hydrogen) atoms. The molecule has 1 aliphatic carbocycles. The monoisotopic (exact) mass is 301 g/mol. The van der Waals surface area contributed by atoms with Gasteiger partial charge < -0.3 is 4.90 Å². The van der Waals surface area contributed by atoms with Gasteiger partial charge in [0, 0.05) is 43.3 Å². The third-order valence-electron chi connectivity index (χ3n) is 4.37. The molecule has 1 saturated heterocycles. The fourth-order valence-electron chi connectivity index (χ4n) is 3.32. The molecule has 114 valence electrons. The van der Waals surface area contributed by atoms with Gasteiger partial charge in [-0.05, 0) is 12.1 Å². The molecule has 1 aliphatic heterocycles. The first-order valence-electron chi connectivity index (χ1n) is 6.89. The number of fused-ring (bicyclic) bond motifs is 2. The summed E-state index contributed by atoms with van der Waals surface area (Å²) in [6, 6.07) is 8.30. The molecular weight excluding hydrogens is 286 g/mol. The molecule has 6 heteroatoms. The predicted octanol–water partition coefficient (Wildman–Crippen LogP) is 3.44. The number of halogens is 4. The van der Waals surface area contributed by atoms with Crippen molar-refractivity contribution in [3.8, 4) is 0 Å². The van der Waals surface area contributed by atoms with Gasteiger partial charge in [0.05, 0.1) is 0 Å². The van der Waals surface area contributed by atoms with Crippen LogP contribution in [-0.4, -0.2) is 35.7 Å². The summed E-state index contributed by atoms with van der Waals surface area (Å²) < 4.78 is 55.0. The van der Waals surface area contributed by atoms with E-state index in [1.54, 1.807) is 30.3 Å². The summed E-state index contributed by atoms with van der Waals surface area (Å²) >= 11 is 0. The number of piperidine rings is 1. The number of carbonyl (C=O) groups excluding carboxylic acids is 1. The number of rotatable bonds is 1. The highest BCUT2D eigenvalue weighted by molar-refractivity contribution is 5.94. The minimum absolute atomic E-state index is 0.313. The van der Waals surface area contributed by atoms with Gasteiger partial charge in [0.15, 0.2) is 0 Å². The van der Waals surface area contributed by atoms with Crippen molar-refractivity contribution >= 4 is 5.91 Å². The van der Waals surface area contributed by atoms with Crippen LogP contribution in [0.25, 0.3) is 0 Å². The third-order valence-corrected chi connectivity index (χ3v) is 4.37. The molecule has 2 atom stereocenters. The first kappa shape index (κ1) is 14.4. The number of benzene rings is 1. The Labute approximate surface area is 119 Å². The van der Waals surface area contributed by atoms with Crippen LogP contribution in [0.1, 0.15) is 23.2 Å². The van der Waals surface area contributed by atoms with E-state index in [4.69, 9.17) is 0 Å². The van der Waals surface area contributed by atoms with E-state index in [0.29, 0.717) is 5.56 Å². The lowest BCUT2D eigenvalue weighted by molar-refractivity contribution is -0.222. The lowest BCUT2D eigenvalue weighted by Gasteiger charge is -2.49. The molecule has 0 aromatic heterocycles. The maximum atomic E-state index is 14.0. The second-order valence-corrected chi connectivity index (χ2v) is 5.91. The molecule has 2 fully saturated rings. The van der Waals surface area contributed by atoms with E-state index in [1.165, 1.54) is 4.90 Å². The molecule has 2 bridgehead atoms. The summed E-state index contributed by atoms with van der Waals surface area (Å²) in [6.45, 7) is -0.625. The Hall–Kier alpha value is -1.59. The zero-order valence-corrected chi connectivity index (χ0v) is 11.2. The first-order valence-corrected chi connectivity index (χ1v) is 6.89. The second kappa shape index (κ2) is 4.71. The lowest BCUT2D eigenvalue weighted by atomic mass is 9.72. The third kappa shape index (κ3) is 2.51. The van der Waals surface area contributed by atoms with Gasteiger partial charge in [-0.25, -0.2) is 17.6 Å². The quantitative estimate of drug-likeness (QED) is 0.728. The van der Waals surface area contributed by atoms with Crippen LogP contribution >= 0.6 is 0 Å². The van der Waals surface area contributed by atoms with Crippen molar-refractivity contribution in [1.82, 2.24) is 4.90 Å². The maximum Gasteiger partial charge on any atom is 0.257 e. The average Bonchev–Trinajstić information content (AvgIpc) is 2.41. The molecular formula is C15H15F4NO. The molecule has 1 heterocycles. The Morgan fingerprint density at radius 1 is 1.00 bits per heavy atom. The molecule has 2 nitrogen and oxygen atoms in total. The number of likely N-dealkylation sites (tertiary alicyclic amines) is 1. The molecule has 2 aliphatic rings. The molecule has 1 saturated carbocycles. The fourth-order valence-corrected chi connectivity index (χ4v) is 3.32. The first-order chi connectivity index (χ1) is 9.79. The molecule has 1 aromatic rings. The van der Waals surface area contributed by atoms with Crippen LogP contribution in [0, 0.1) is 11.8 Å². The highest BCUT2D eigenvalue weighted by atomic mass is 19.3. The van der Waals surface area contributed by atoms with Crippen molar-refractivity contribution in [2.24, 2.45) is 11.8 Å². The van der Waals surface area contributed by atoms with E-state index in [-0.39, 0.29) is 19.0 Å². The van der Waals surface area contributed by atoms with Crippen molar-refractivity contribution in [3.63, 3.8) is 0 Å². The van der Waals surface area contributed by atoms with E-state index in [9.17, 15) is 22.4 Å². The lowest BCUT2D eigenvalue weighted by Crippen LogP contribution is -2.60. The van der Waals surface area contributed by atoms with Crippen molar-refractivity contribution in [1.29, 1.82) is 0 Å². The summed E-state index contributed by atoms with van der Waals surface area (Å²) in [7, 11) is 0. The summed E-state index contributed by atoms with van der Waals surface area (Å²) in [4.78, 5) is 13.6. The normalized spacial score (nSPS) is 30.0. The van der Waals surface area contributed by atoms with Gasteiger partial charge in [-0.2, -0.15) is 0 Å². The Balaban J connectivity index is 1.82. The van der Waals surface area contributed by atoms with Crippen LogP contribution in [0.15, 0.2) is 30.3 Å². The Morgan fingerprint density at radius 2 is 1.52 bits per heavy atom. The van der Waals surface area contributed by atoms with Crippen LogP contribution in [0.5, 0.6) is 0 Å². The highest BCUT2D eigenvalue weighted by Crippen LogP contribution is 2.51. The molecule has 0 radical (unpaired) electrons. The zero-order chi connectivity index (χ0) is 15.3. The van der Waals surface area contributed by atoms with Gasteiger partial charge in [-0.1, -0.05) is 18.2 Å². The van der Waals surface area contributed by atoms with Crippen LogP contribution < -0.4 is 0 Å². The smallest absolute Gasteiger partial charge is 0.257 e. The SMILES string of the molecule is O=C(c1ccccc1)N1CC2CC(F)(F)CC(C1)C2(F)F. The van der Waals surface area contributed by atoms with Gasteiger partial charge in [0.2, 0.25) is 5.92 Å². The van der Waals surface area contributed by atoms with Gasteiger partial charge in [0.1, 0.15) is 0 Å². The highest BCUT2D eigenvalue weighted by Gasteiger charge is 2.61.